The predicted octanol–water partition coefficient (Wildman–Crippen LogP) is 2.92. The van der Waals surface area contributed by atoms with Gasteiger partial charge in [0.15, 0.2) is 11.8 Å². The Balaban J connectivity index is 1.45. The van der Waals surface area contributed by atoms with Gasteiger partial charge in [-0.2, -0.15) is 0 Å². The predicted molar refractivity (Wildman–Crippen MR) is 144 cm³/mol. The van der Waals surface area contributed by atoms with E-state index in [1.807, 2.05) is 0 Å². The van der Waals surface area contributed by atoms with Crippen LogP contribution in [0, 0.1) is 0 Å². The van der Waals surface area contributed by atoms with Crippen molar-refractivity contribution in [3.05, 3.63) is 120 Å². The fourth-order valence-electron chi connectivity index (χ4n) is 4.19. The highest BCUT2D eigenvalue weighted by Gasteiger charge is 2.52. The maximum atomic E-state index is 13.1. The second kappa shape index (κ2) is 12.8. The number of carbonyl (C=O) groups is 4. The molecule has 4 atom stereocenters. The minimum absolute atomic E-state index is 0.163. The zero-order valence-corrected chi connectivity index (χ0v) is 22.0. The number of carbonyl (C=O) groups excluding carboxylic acids is 4. The zero-order valence-electron chi connectivity index (χ0n) is 22.0. The number of nitrogens with one attached hydrogen (secondary N) is 1. The van der Waals surface area contributed by atoms with Crippen LogP contribution in [0.3, 0.4) is 0 Å². The van der Waals surface area contributed by atoms with E-state index in [-0.39, 0.29) is 28.3 Å². The van der Waals surface area contributed by atoms with Crippen molar-refractivity contribution in [1.29, 1.82) is 0 Å². The molecule has 3 aromatic carbocycles. The van der Waals surface area contributed by atoms with Gasteiger partial charge in [-0.3, -0.25) is 4.79 Å². The molecule has 0 bridgehead atoms. The third-order valence-electron chi connectivity index (χ3n) is 6.24. The molecule has 1 aliphatic rings. The van der Waals surface area contributed by atoms with Crippen molar-refractivity contribution in [2.24, 2.45) is 5.73 Å². The number of nitrogens with zero attached hydrogens (tertiary/aromatic N) is 1. The smallest absolute Gasteiger partial charge is 0.338 e. The van der Waals surface area contributed by atoms with E-state index in [9.17, 15) is 19.2 Å². The molecule has 1 saturated heterocycles. The Labute approximate surface area is 239 Å². The van der Waals surface area contributed by atoms with Crippen molar-refractivity contribution in [3.8, 4) is 5.88 Å². The quantitative estimate of drug-likeness (QED) is 0.213. The molecule has 1 fully saturated rings. The first kappa shape index (κ1) is 28.1. The lowest BCUT2D eigenvalue weighted by Crippen LogP contribution is -2.43. The van der Waals surface area contributed by atoms with E-state index in [2.05, 4.69) is 9.97 Å². The van der Waals surface area contributed by atoms with Gasteiger partial charge in [0.1, 0.15) is 12.7 Å². The van der Waals surface area contributed by atoms with E-state index in [1.165, 1.54) is 18.5 Å². The van der Waals surface area contributed by atoms with Crippen molar-refractivity contribution < 1.29 is 42.9 Å². The molecule has 2 heterocycles. The summed E-state index contributed by atoms with van der Waals surface area (Å²) >= 11 is 0. The van der Waals surface area contributed by atoms with Crippen LogP contribution in [0.5, 0.6) is 5.88 Å². The molecule has 42 heavy (non-hydrogen) atoms. The number of primary amides is 1. The molecule has 0 spiro atoms. The van der Waals surface area contributed by atoms with Crippen LogP contribution in [0.1, 0.15) is 41.6 Å². The molecule has 1 aliphatic heterocycles. The van der Waals surface area contributed by atoms with Crippen molar-refractivity contribution in [2.45, 2.75) is 24.6 Å². The second-order valence-electron chi connectivity index (χ2n) is 9.04. The molecule has 1 aromatic heterocycles. The summed E-state index contributed by atoms with van der Waals surface area (Å²) in [7, 11) is 0. The molecular formula is C30H25N3O9. The molecule has 1 amide bonds. The molecule has 5 rings (SSSR count). The Morgan fingerprint density at radius 2 is 1.24 bits per heavy atom. The van der Waals surface area contributed by atoms with Crippen LogP contribution in [-0.4, -0.2) is 65.0 Å². The summed E-state index contributed by atoms with van der Waals surface area (Å²) in [5.74, 6) is -3.26. The van der Waals surface area contributed by atoms with Gasteiger partial charge in [0.05, 0.1) is 23.0 Å². The Kier molecular flexibility index (Phi) is 8.54. The summed E-state index contributed by atoms with van der Waals surface area (Å²) in [6.45, 7) is -0.400. The SMILES string of the molecule is NC(=O)c1[nH]cnc1O[C@@H]1O[C@H](COC(=O)c2ccccc2)[C@@H](OC(=O)c2ccccc2)[C@@H]1OC(=O)c1ccccc1. The molecule has 4 aromatic rings. The molecule has 0 radical (unpaired) electrons. The molecule has 0 unspecified atom stereocenters. The van der Waals surface area contributed by atoms with E-state index in [0.717, 1.165) is 0 Å². The Morgan fingerprint density at radius 1 is 0.738 bits per heavy atom. The van der Waals surface area contributed by atoms with Gasteiger partial charge in [0.2, 0.25) is 18.3 Å². The van der Waals surface area contributed by atoms with Crippen LogP contribution < -0.4 is 10.5 Å². The normalized spacial score (nSPS) is 19.4. The summed E-state index contributed by atoms with van der Waals surface area (Å²) in [5, 5.41) is 0. The molecule has 214 valence electrons. The first-order valence-electron chi connectivity index (χ1n) is 12.8. The highest BCUT2D eigenvalue weighted by molar-refractivity contribution is 5.93. The van der Waals surface area contributed by atoms with Gasteiger partial charge in [-0.15, -0.1) is 0 Å². The van der Waals surface area contributed by atoms with Gasteiger partial charge in [-0.05, 0) is 36.4 Å². The van der Waals surface area contributed by atoms with Crippen LogP contribution >= 0.6 is 0 Å². The number of ether oxygens (including phenoxy) is 5. The molecule has 12 heteroatoms. The first-order valence-corrected chi connectivity index (χ1v) is 12.8. The third kappa shape index (κ3) is 6.45. The zero-order chi connectivity index (χ0) is 29.5. The van der Waals surface area contributed by atoms with Gasteiger partial charge in [0, 0.05) is 0 Å². The number of aromatic amines is 1. The number of rotatable bonds is 10. The van der Waals surface area contributed by atoms with Crippen molar-refractivity contribution in [2.75, 3.05) is 6.61 Å². The second-order valence-corrected chi connectivity index (χ2v) is 9.04. The number of hydrogen-bond donors (Lipinski definition) is 2. The monoisotopic (exact) mass is 571 g/mol. The van der Waals surface area contributed by atoms with Crippen LogP contribution in [0.2, 0.25) is 0 Å². The van der Waals surface area contributed by atoms with Crippen molar-refractivity contribution >= 4 is 23.8 Å². The highest BCUT2D eigenvalue weighted by Crippen LogP contribution is 2.31. The number of hydrogen-bond acceptors (Lipinski definition) is 10. The van der Waals surface area contributed by atoms with E-state index >= 15 is 0 Å². The third-order valence-corrected chi connectivity index (χ3v) is 6.24. The van der Waals surface area contributed by atoms with Gasteiger partial charge in [-0.25, -0.2) is 19.4 Å². The number of imidazole rings is 1. The molecule has 12 nitrogen and oxygen atoms in total. The van der Waals surface area contributed by atoms with Gasteiger partial charge in [0.25, 0.3) is 5.91 Å². The number of nitrogens with two attached hydrogens (primary N) is 1. The minimum atomic E-state index is -1.45. The molecule has 3 N–H and O–H groups in total. The molecule has 0 saturated carbocycles. The Morgan fingerprint density at radius 3 is 1.76 bits per heavy atom. The Bertz CT molecular complexity index is 1540. The number of H-pyrrole nitrogens is 1. The van der Waals surface area contributed by atoms with Crippen molar-refractivity contribution in [3.63, 3.8) is 0 Å². The largest absolute Gasteiger partial charge is 0.459 e. The molecule has 0 aliphatic carbocycles. The van der Waals surface area contributed by atoms with Gasteiger partial charge < -0.3 is 34.4 Å². The maximum Gasteiger partial charge on any atom is 0.338 e. The maximum absolute atomic E-state index is 13.1. The van der Waals surface area contributed by atoms with E-state index in [0.29, 0.717) is 0 Å². The van der Waals surface area contributed by atoms with Crippen LogP contribution in [-0.2, 0) is 18.9 Å². The average molecular weight is 572 g/mol. The number of benzene rings is 3. The minimum Gasteiger partial charge on any atom is -0.459 e. The van der Waals surface area contributed by atoms with Gasteiger partial charge >= 0.3 is 17.9 Å². The van der Waals surface area contributed by atoms with Crippen LogP contribution in [0.25, 0.3) is 0 Å². The average Bonchev–Trinajstić information content (AvgIpc) is 3.62. The van der Waals surface area contributed by atoms with Crippen LogP contribution in [0.4, 0.5) is 0 Å². The summed E-state index contributed by atoms with van der Waals surface area (Å²) in [4.78, 5) is 57.3. The van der Waals surface area contributed by atoms with Crippen LogP contribution in [0.15, 0.2) is 97.3 Å². The lowest BCUT2D eigenvalue weighted by molar-refractivity contribution is -0.121. The standard InChI is InChI=1S/C30H25N3O9/c31-25(34)22-26(33-17-32-22)42-30-24(41-29(37)20-14-8-3-9-15-20)23(40-28(36)19-12-6-2-7-13-19)21(39-30)16-38-27(35)18-10-4-1-5-11-18/h1-15,17,21,23-24,30H,16H2,(H2,31,34)(H,32,33)/t21-,23-,24+,30+/m1/s1. The Hall–Kier alpha value is -5.49. The lowest BCUT2D eigenvalue weighted by atomic mass is 10.1. The molecular weight excluding hydrogens is 546 g/mol. The topological polar surface area (TPSA) is 169 Å². The highest BCUT2D eigenvalue weighted by atomic mass is 16.7. The first-order chi connectivity index (χ1) is 20.4. The number of esters is 3. The summed E-state index contributed by atoms with van der Waals surface area (Å²) in [5.41, 5.74) is 5.96. The number of aromatic nitrogens is 2. The fraction of sp³-hybridized carbons (Fsp3) is 0.167. The van der Waals surface area contributed by atoms with E-state index in [1.54, 1.807) is 78.9 Å². The lowest BCUT2D eigenvalue weighted by Gasteiger charge is -2.24. The van der Waals surface area contributed by atoms with Gasteiger partial charge in [-0.1, -0.05) is 54.6 Å². The van der Waals surface area contributed by atoms with E-state index in [4.69, 9.17) is 29.4 Å². The van der Waals surface area contributed by atoms with Crippen molar-refractivity contribution in [1.82, 2.24) is 9.97 Å². The summed E-state index contributed by atoms with van der Waals surface area (Å²) in [6.07, 6.45) is -4.12. The van der Waals surface area contributed by atoms with E-state index < -0.39 is 55.0 Å². The fourth-order valence-corrected chi connectivity index (χ4v) is 4.19. The summed E-state index contributed by atoms with van der Waals surface area (Å²) in [6, 6.07) is 24.5. The summed E-state index contributed by atoms with van der Waals surface area (Å²) < 4.78 is 28.8. The number of amides is 1.